The van der Waals surface area contributed by atoms with Crippen LogP contribution in [0.25, 0.3) is 10.6 Å². The number of hydrogen-bond acceptors (Lipinski definition) is 4. The Morgan fingerprint density at radius 1 is 1.35 bits per heavy atom. The molecule has 0 bridgehead atoms. The molecule has 20 heavy (non-hydrogen) atoms. The standard InChI is InChI=1S/C15H17N3OS/c1-10-5-3-8-12(9-10)13-16-17-15(20-13)18(2)14(19)11-6-4-7-11/h3,5,8-9,11H,4,6-7H2,1-2H3. The van der Waals surface area contributed by atoms with Crippen molar-refractivity contribution in [1.82, 2.24) is 10.2 Å². The van der Waals surface area contributed by atoms with E-state index >= 15 is 0 Å². The molecule has 1 aliphatic rings. The highest BCUT2D eigenvalue weighted by Crippen LogP contribution is 2.32. The lowest BCUT2D eigenvalue weighted by Crippen LogP contribution is -2.36. The second kappa shape index (κ2) is 5.32. The molecule has 1 aromatic heterocycles. The van der Waals surface area contributed by atoms with Gasteiger partial charge in [0.2, 0.25) is 11.0 Å². The average Bonchev–Trinajstić information content (AvgIpc) is 2.85. The highest BCUT2D eigenvalue weighted by molar-refractivity contribution is 7.18. The minimum atomic E-state index is 0.170. The lowest BCUT2D eigenvalue weighted by Gasteiger charge is -2.27. The summed E-state index contributed by atoms with van der Waals surface area (Å²) >= 11 is 1.47. The van der Waals surface area contributed by atoms with Crippen LogP contribution in [0.5, 0.6) is 0 Å². The van der Waals surface area contributed by atoms with Crippen molar-refractivity contribution in [3.63, 3.8) is 0 Å². The van der Waals surface area contributed by atoms with Gasteiger partial charge in [0.1, 0.15) is 5.01 Å². The summed E-state index contributed by atoms with van der Waals surface area (Å²) in [6, 6.07) is 8.16. The van der Waals surface area contributed by atoms with Crippen LogP contribution in [0.1, 0.15) is 24.8 Å². The van der Waals surface area contributed by atoms with Gasteiger partial charge < -0.3 is 0 Å². The number of benzene rings is 1. The summed E-state index contributed by atoms with van der Waals surface area (Å²) in [4.78, 5) is 13.8. The Kier molecular flexibility index (Phi) is 3.53. The van der Waals surface area contributed by atoms with Gasteiger partial charge in [-0.25, -0.2) is 0 Å². The molecule has 1 amide bonds. The van der Waals surface area contributed by atoms with Gasteiger partial charge in [-0.05, 0) is 25.8 Å². The van der Waals surface area contributed by atoms with Crippen LogP contribution in [0, 0.1) is 12.8 Å². The van der Waals surface area contributed by atoms with Gasteiger partial charge in [0, 0.05) is 18.5 Å². The molecule has 1 aromatic carbocycles. The third kappa shape index (κ3) is 2.45. The highest BCUT2D eigenvalue weighted by atomic mass is 32.1. The fraction of sp³-hybridized carbons (Fsp3) is 0.400. The van der Waals surface area contributed by atoms with Crippen molar-refractivity contribution in [3.8, 4) is 10.6 Å². The first-order chi connectivity index (χ1) is 9.65. The zero-order valence-electron chi connectivity index (χ0n) is 11.7. The fourth-order valence-corrected chi connectivity index (χ4v) is 3.08. The molecule has 3 rings (SSSR count). The van der Waals surface area contributed by atoms with Gasteiger partial charge in [0.15, 0.2) is 0 Å². The predicted molar refractivity (Wildman–Crippen MR) is 80.8 cm³/mol. The van der Waals surface area contributed by atoms with E-state index in [1.807, 2.05) is 12.1 Å². The number of rotatable bonds is 3. The van der Waals surface area contributed by atoms with Crippen molar-refractivity contribution < 1.29 is 4.79 Å². The molecule has 104 valence electrons. The zero-order valence-corrected chi connectivity index (χ0v) is 12.5. The van der Waals surface area contributed by atoms with E-state index in [0.717, 1.165) is 29.8 Å². The van der Waals surface area contributed by atoms with Crippen LogP contribution >= 0.6 is 11.3 Å². The maximum atomic E-state index is 12.2. The van der Waals surface area contributed by atoms with Gasteiger partial charge in [-0.1, -0.05) is 41.5 Å². The van der Waals surface area contributed by atoms with Crippen molar-refractivity contribution in [2.45, 2.75) is 26.2 Å². The molecule has 0 N–H and O–H groups in total. The van der Waals surface area contributed by atoms with Crippen LogP contribution in [0.4, 0.5) is 5.13 Å². The molecular formula is C15H17N3OS. The van der Waals surface area contributed by atoms with E-state index in [0.29, 0.717) is 5.13 Å². The van der Waals surface area contributed by atoms with Gasteiger partial charge in [-0.2, -0.15) is 0 Å². The summed E-state index contributed by atoms with van der Waals surface area (Å²) in [7, 11) is 1.79. The first kappa shape index (κ1) is 13.2. The van der Waals surface area contributed by atoms with Crippen molar-refractivity contribution >= 4 is 22.4 Å². The van der Waals surface area contributed by atoms with Gasteiger partial charge in [-0.3, -0.25) is 9.69 Å². The van der Waals surface area contributed by atoms with Gasteiger partial charge in [0.25, 0.3) is 0 Å². The second-order valence-corrected chi connectivity index (χ2v) is 6.24. The van der Waals surface area contributed by atoms with E-state index < -0.39 is 0 Å². The summed E-state index contributed by atoms with van der Waals surface area (Å²) in [5, 5.41) is 9.90. The van der Waals surface area contributed by atoms with Crippen LogP contribution < -0.4 is 4.90 Å². The molecule has 0 atom stereocenters. The minimum absolute atomic E-state index is 0.170. The fourth-order valence-electron chi connectivity index (χ4n) is 2.27. The summed E-state index contributed by atoms with van der Waals surface area (Å²) in [6.07, 6.45) is 3.17. The van der Waals surface area contributed by atoms with Gasteiger partial charge >= 0.3 is 0 Å². The third-order valence-electron chi connectivity index (χ3n) is 3.75. The molecule has 0 saturated heterocycles. The monoisotopic (exact) mass is 287 g/mol. The molecule has 1 heterocycles. The van der Waals surface area contributed by atoms with Crippen LogP contribution in [0.3, 0.4) is 0 Å². The number of aryl methyl sites for hydroxylation is 1. The molecular weight excluding hydrogens is 270 g/mol. The van der Waals surface area contributed by atoms with Crippen LogP contribution in [0.15, 0.2) is 24.3 Å². The van der Waals surface area contributed by atoms with Crippen LogP contribution in [0.2, 0.25) is 0 Å². The van der Waals surface area contributed by atoms with Crippen molar-refractivity contribution in [3.05, 3.63) is 29.8 Å². The lowest BCUT2D eigenvalue weighted by atomic mass is 9.84. The van der Waals surface area contributed by atoms with Crippen molar-refractivity contribution in [1.29, 1.82) is 0 Å². The molecule has 2 aromatic rings. The molecule has 4 nitrogen and oxygen atoms in total. The van der Waals surface area contributed by atoms with Gasteiger partial charge in [-0.15, -0.1) is 10.2 Å². The highest BCUT2D eigenvalue weighted by Gasteiger charge is 2.29. The maximum Gasteiger partial charge on any atom is 0.231 e. The van der Waals surface area contributed by atoms with E-state index in [9.17, 15) is 4.79 Å². The SMILES string of the molecule is Cc1cccc(-c2nnc(N(C)C(=O)C3CCC3)s2)c1. The van der Waals surface area contributed by atoms with Crippen molar-refractivity contribution in [2.24, 2.45) is 5.92 Å². The van der Waals surface area contributed by atoms with E-state index in [1.165, 1.54) is 16.9 Å². The molecule has 5 heteroatoms. The zero-order chi connectivity index (χ0) is 14.1. The molecule has 0 unspecified atom stereocenters. The Labute approximate surface area is 122 Å². The number of anilines is 1. The average molecular weight is 287 g/mol. The Morgan fingerprint density at radius 3 is 2.80 bits per heavy atom. The minimum Gasteiger partial charge on any atom is -0.290 e. The molecule has 1 saturated carbocycles. The van der Waals surface area contributed by atoms with Gasteiger partial charge in [0.05, 0.1) is 0 Å². The Morgan fingerprint density at radius 2 is 2.15 bits per heavy atom. The molecule has 1 fully saturated rings. The Bertz CT molecular complexity index is 634. The largest absolute Gasteiger partial charge is 0.290 e. The van der Waals surface area contributed by atoms with E-state index in [2.05, 4.69) is 29.3 Å². The number of nitrogens with zero attached hydrogens (tertiary/aromatic N) is 3. The maximum absolute atomic E-state index is 12.2. The quantitative estimate of drug-likeness (QED) is 0.870. The normalized spacial score (nSPS) is 14.9. The summed E-state index contributed by atoms with van der Waals surface area (Å²) in [6.45, 7) is 2.05. The first-order valence-corrected chi connectivity index (χ1v) is 7.65. The molecule has 1 aliphatic carbocycles. The first-order valence-electron chi connectivity index (χ1n) is 6.83. The topological polar surface area (TPSA) is 46.1 Å². The number of carbonyl (C=O) groups excluding carboxylic acids is 1. The molecule has 0 aliphatic heterocycles. The number of aromatic nitrogens is 2. The van der Waals surface area contributed by atoms with Crippen LogP contribution in [-0.2, 0) is 4.79 Å². The Hall–Kier alpha value is -1.75. The summed E-state index contributed by atoms with van der Waals surface area (Å²) in [5.41, 5.74) is 2.25. The smallest absolute Gasteiger partial charge is 0.231 e. The van der Waals surface area contributed by atoms with E-state index in [-0.39, 0.29) is 11.8 Å². The lowest BCUT2D eigenvalue weighted by molar-refractivity contribution is -0.124. The number of hydrogen-bond donors (Lipinski definition) is 0. The van der Waals surface area contributed by atoms with E-state index in [4.69, 9.17) is 0 Å². The molecule has 0 spiro atoms. The van der Waals surface area contributed by atoms with Crippen molar-refractivity contribution in [2.75, 3.05) is 11.9 Å². The second-order valence-electron chi connectivity index (χ2n) is 5.28. The third-order valence-corrected chi connectivity index (χ3v) is 4.80. The van der Waals surface area contributed by atoms with Crippen LogP contribution in [-0.4, -0.2) is 23.2 Å². The van der Waals surface area contributed by atoms with E-state index in [1.54, 1.807) is 11.9 Å². The summed E-state index contributed by atoms with van der Waals surface area (Å²) in [5.74, 6) is 0.356. The number of carbonyl (C=O) groups is 1. The summed E-state index contributed by atoms with van der Waals surface area (Å²) < 4.78 is 0. The Balaban J connectivity index is 1.81. The molecule has 0 radical (unpaired) electrons. The predicted octanol–water partition coefficient (Wildman–Crippen LogP) is 3.28. The number of amides is 1.